The Balaban J connectivity index is 1.63. The maximum atomic E-state index is 12.6. The highest BCUT2D eigenvalue weighted by Gasteiger charge is 2.22. The van der Waals surface area contributed by atoms with Gasteiger partial charge in [0.15, 0.2) is 0 Å². The van der Waals surface area contributed by atoms with Gasteiger partial charge in [-0.1, -0.05) is 36.4 Å². The number of carbonyl (C=O) groups is 1. The Labute approximate surface area is 142 Å². The summed E-state index contributed by atoms with van der Waals surface area (Å²) in [5, 5.41) is 12.7. The van der Waals surface area contributed by atoms with E-state index in [9.17, 15) is 9.90 Å². The molecule has 0 bridgehead atoms. The van der Waals surface area contributed by atoms with Gasteiger partial charge in [-0.25, -0.2) is 0 Å². The van der Waals surface area contributed by atoms with E-state index < -0.39 is 0 Å². The molecule has 2 N–H and O–H groups in total. The minimum Gasteiger partial charge on any atom is -0.489 e. The van der Waals surface area contributed by atoms with E-state index in [1.165, 1.54) is 0 Å². The Kier molecular flexibility index (Phi) is 5.49. The Bertz CT molecular complexity index is 664. The number of amides is 1. The third-order valence-electron chi connectivity index (χ3n) is 4.43. The first-order valence-electron chi connectivity index (χ1n) is 8.47. The monoisotopic (exact) mass is 325 g/mol. The van der Waals surface area contributed by atoms with Gasteiger partial charge in [0, 0.05) is 17.2 Å². The van der Waals surface area contributed by atoms with Crippen LogP contribution in [0.15, 0.2) is 54.6 Å². The van der Waals surface area contributed by atoms with Crippen LogP contribution in [0.3, 0.4) is 0 Å². The zero-order chi connectivity index (χ0) is 16.8. The van der Waals surface area contributed by atoms with Gasteiger partial charge in [-0.05, 0) is 43.9 Å². The van der Waals surface area contributed by atoms with E-state index >= 15 is 0 Å². The number of rotatable bonds is 5. The molecule has 0 aromatic heterocycles. The number of para-hydroxylation sites is 1. The van der Waals surface area contributed by atoms with Crippen molar-refractivity contribution in [3.63, 3.8) is 0 Å². The second-order valence-corrected chi connectivity index (χ2v) is 6.24. The lowest BCUT2D eigenvalue weighted by molar-refractivity contribution is 0.0865. The Morgan fingerprint density at radius 3 is 2.42 bits per heavy atom. The van der Waals surface area contributed by atoms with Crippen LogP contribution in [0.25, 0.3) is 0 Å². The van der Waals surface area contributed by atoms with Gasteiger partial charge in [0.2, 0.25) is 0 Å². The number of aliphatic hydroxyl groups excluding tert-OH is 1. The molecule has 0 unspecified atom stereocenters. The summed E-state index contributed by atoms with van der Waals surface area (Å²) in [7, 11) is 0. The number of carbonyl (C=O) groups excluding carboxylic acids is 1. The predicted octanol–water partition coefficient (Wildman–Crippen LogP) is 3.30. The highest BCUT2D eigenvalue weighted by molar-refractivity contribution is 5.95. The molecule has 0 spiro atoms. The molecule has 126 valence electrons. The molecule has 24 heavy (non-hydrogen) atoms. The molecule has 1 aliphatic carbocycles. The summed E-state index contributed by atoms with van der Waals surface area (Å²) in [4.78, 5) is 12.6. The SMILES string of the molecule is O=C(NC1CCC(O)CC1)c1ccccc1COc1ccccc1. The van der Waals surface area contributed by atoms with Crippen LogP contribution < -0.4 is 10.1 Å². The lowest BCUT2D eigenvalue weighted by Gasteiger charge is -2.26. The van der Waals surface area contributed by atoms with Gasteiger partial charge >= 0.3 is 0 Å². The van der Waals surface area contributed by atoms with E-state index in [2.05, 4.69) is 5.32 Å². The average Bonchev–Trinajstić information content (AvgIpc) is 2.63. The van der Waals surface area contributed by atoms with Crippen molar-refractivity contribution in [3.05, 3.63) is 65.7 Å². The minimum absolute atomic E-state index is 0.0661. The zero-order valence-corrected chi connectivity index (χ0v) is 13.7. The lowest BCUT2D eigenvalue weighted by Crippen LogP contribution is -2.39. The van der Waals surface area contributed by atoms with Crippen LogP contribution in [0.1, 0.15) is 41.6 Å². The smallest absolute Gasteiger partial charge is 0.251 e. The third-order valence-corrected chi connectivity index (χ3v) is 4.43. The normalized spacial score (nSPS) is 20.4. The quantitative estimate of drug-likeness (QED) is 0.887. The fourth-order valence-electron chi connectivity index (χ4n) is 3.03. The Morgan fingerprint density at radius 1 is 1.00 bits per heavy atom. The van der Waals surface area contributed by atoms with Gasteiger partial charge in [-0.3, -0.25) is 4.79 Å². The van der Waals surface area contributed by atoms with Crippen LogP contribution in [-0.2, 0) is 6.61 Å². The number of benzene rings is 2. The van der Waals surface area contributed by atoms with Crippen molar-refractivity contribution in [1.82, 2.24) is 5.32 Å². The molecule has 1 fully saturated rings. The maximum absolute atomic E-state index is 12.6. The van der Waals surface area contributed by atoms with Crippen LogP contribution in [-0.4, -0.2) is 23.2 Å². The van der Waals surface area contributed by atoms with Crippen LogP contribution in [0.2, 0.25) is 0 Å². The number of hydrogen-bond donors (Lipinski definition) is 2. The molecule has 4 heteroatoms. The number of ether oxygens (including phenoxy) is 1. The Morgan fingerprint density at radius 2 is 1.67 bits per heavy atom. The van der Waals surface area contributed by atoms with Crippen molar-refractivity contribution >= 4 is 5.91 Å². The number of aliphatic hydroxyl groups is 1. The first-order valence-corrected chi connectivity index (χ1v) is 8.47. The van der Waals surface area contributed by atoms with Gasteiger partial charge in [0.25, 0.3) is 5.91 Å². The standard InChI is InChI=1S/C20H23NO3/c22-17-12-10-16(11-13-17)21-20(23)19-9-5-4-6-15(19)14-24-18-7-2-1-3-8-18/h1-9,16-17,22H,10-14H2,(H,21,23). The van der Waals surface area contributed by atoms with Crippen molar-refractivity contribution in [2.75, 3.05) is 0 Å². The van der Waals surface area contributed by atoms with E-state index in [1.54, 1.807) is 0 Å². The van der Waals surface area contributed by atoms with Gasteiger partial charge in [0.1, 0.15) is 12.4 Å². The van der Waals surface area contributed by atoms with Crippen LogP contribution in [0.4, 0.5) is 0 Å². The first kappa shape index (κ1) is 16.5. The van der Waals surface area contributed by atoms with Crippen molar-refractivity contribution < 1.29 is 14.6 Å². The minimum atomic E-state index is -0.218. The highest BCUT2D eigenvalue weighted by atomic mass is 16.5. The molecule has 1 aliphatic rings. The molecular weight excluding hydrogens is 302 g/mol. The summed E-state index contributed by atoms with van der Waals surface area (Å²) in [5.74, 6) is 0.720. The number of nitrogens with one attached hydrogen (secondary N) is 1. The van der Waals surface area contributed by atoms with Crippen LogP contribution >= 0.6 is 0 Å². The van der Waals surface area contributed by atoms with Gasteiger partial charge < -0.3 is 15.2 Å². The fourth-order valence-corrected chi connectivity index (χ4v) is 3.03. The van der Waals surface area contributed by atoms with E-state index in [0.717, 1.165) is 37.0 Å². The molecule has 1 amide bonds. The summed E-state index contributed by atoms with van der Waals surface area (Å²) in [6.07, 6.45) is 2.95. The molecule has 0 aliphatic heterocycles. The van der Waals surface area contributed by atoms with Crippen molar-refractivity contribution in [3.8, 4) is 5.75 Å². The molecule has 0 radical (unpaired) electrons. The Hall–Kier alpha value is -2.33. The molecule has 4 nitrogen and oxygen atoms in total. The average molecular weight is 325 g/mol. The second-order valence-electron chi connectivity index (χ2n) is 6.24. The van der Waals surface area contributed by atoms with E-state index in [-0.39, 0.29) is 18.1 Å². The van der Waals surface area contributed by atoms with E-state index in [1.807, 2.05) is 54.6 Å². The summed E-state index contributed by atoms with van der Waals surface area (Å²) < 4.78 is 5.77. The number of hydrogen-bond acceptors (Lipinski definition) is 3. The lowest BCUT2D eigenvalue weighted by atomic mass is 9.93. The molecule has 1 saturated carbocycles. The molecule has 0 atom stereocenters. The molecule has 3 rings (SSSR count). The topological polar surface area (TPSA) is 58.6 Å². The fraction of sp³-hybridized carbons (Fsp3) is 0.350. The highest BCUT2D eigenvalue weighted by Crippen LogP contribution is 2.20. The third kappa shape index (κ3) is 4.36. The van der Waals surface area contributed by atoms with Gasteiger partial charge in [-0.15, -0.1) is 0 Å². The predicted molar refractivity (Wildman–Crippen MR) is 92.9 cm³/mol. The molecule has 0 heterocycles. The summed E-state index contributed by atoms with van der Waals surface area (Å²) in [6, 6.07) is 17.3. The summed E-state index contributed by atoms with van der Waals surface area (Å²) in [5.41, 5.74) is 1.52. The summed E-state index contributed by atoms with van der Waals surface area (Å²) >= 11 is 0. The van der Waals surface area contributed by atoms with Crippen LogP contribution in [0.5, 0.6) is 5.75 Å². The van der Waals surface area contributed by atoms with Crippen LogP contribution in [0, 0.1) is 0 Å². The zero-order valence-electron chi connectivity index (χ0n) is 13.7. The summed E-state index contributed by atoms with van der Waals surface area (Å²) in [6.45, 7) is 0.358. The maximum Gasteiger partial charge on any atom is 0.251 e. The molecule has 0 saturated heterocycles. The van der Waals surface area contributed by atoms with Crippen molar-refractivity contribution in [1.29, 1.82) is 0 Å². The second kappa shape index (κ2) is 7.97. The first-order chi connectivity index (χ1) is 11.7. The largest absolute Gasteiger partial charge is 0.489 e. The van der Waals surface area contributed by atoms with Crippen molar-refractivity contribution in [2.45, 2.75) is 44.4 Å². The molecule has 2 aromatic carbocycles. The van der Waals surface area contributed by atoms with E-state index in [4.69, 9.17) is 4.74 Å². The van der Waals surface area contributed by atoms with E-state index in [0.29, 0.717) is 12.2 Å². The van der Waals surface area contributed by atoms with Gasteiger partial charge in [-0.2, -0.15) is 0 Å². The van der Waals surface area contributed by atoms with Gasteiger partial charge in [0.05, 0.1) is 6.10 Å². The van der Waals surface area contributed by atoms with Crippen molar-refractivity contribution in [2.24, 2.45) is 0 Å². The molecule has 2 aromatic rings. The molecular formula is C20H23NO3.